The Morgan fingerprint density at radius 2 is 1.95 bits per heavy atom. The molecule has 2 rings (SSSR count). The van der Waals surface area contributed by atoms with Crippen molar-refractivity contribution in [3.63, 3.8) is 0 Å². The fourth-order valence-electron chi connectivity index (χ4n) is 2.45. The molecule has 1 N–H and O–H groups in total. The van der Waals surface area contributed by atoms with Crippen molar-refractivity contribution >= 4 is 0 Å². The molecule has 0 radical (unpaired) electrons. The number of hydrogen-bond donors (Lipinski definition) is 1. The summed E-state index contributed by atoms with van der Waals surface area (Å²) in [7, 11) is 0. The van der Waals surface area contributed by atoms with Crippen LogP contribution in [0.25, 0.3) is 0 Å². The molecule has 2 heteroatoms. The van der Waals surface area contributed by atoms with Crippen LogP contribution < -0.4 is 5.32 Å². The van der Waals surface area contributed by atoms with Gasteiger partial charge in [-0.3, -0.25) is 4.98 Å². The third-order valence-corrected chi connectivity index (χ3v) is 3.62. The van der Waals surface area contributed by atoms with Gasteiger partial charge in [-0.1, -0.05) is 37.3 Å². The Balaban J connectivity index is 2.21. The highest BCUT2D eigenvalue weighted by Gasteiger charge is 2.13. The molecule has 2 nitrogen and oxygen atoms in total. The Morgan fingerprint density at radius 3 is 2.65 bits per heavy atom. The van der Waals surface area contributed by atoms with E-state index < -0.39 is 0 Å². The average Bonchev–Trinajstić information content (AvgIpc) is 2.45. The van der Waals surface area contributed by atoms with Gasteiger partial charge in [0.2, 0.25) is 0 Å². The number of nitrogens with one attached hydrogen (secondary N) is 1. The summed E-state index contributed by atoms with van der Waals surface area (Å²) < 4.78 is 0. The van der Waals surface area contributed by atoms with E-state index in [1.807, 2.05) is 12.4 Å². The first-order chi connectivity index (χ1) is 9.70. The van der Waals surface area contributed by atoms with Gasteiger partial charge in [-0.2, -0.15) is 0 Å². The SMILES string of the molecule is CCCNC(Cc1ccccc1C)c1cncc(C)c1. The summed E-state index contributed by atoms with van der Waals surface area (Å²) in [5.41, 5.74) is 5.26. The lowest BCUT2D eigenvalue weighted by Gasteiger charge is -2.20. The average molecular weight is 268 g/mol. The Kier molecular flexibility index (Phi) is 5.31. The van der Waals surface area contributed by atoms with Crippen molar-refractivity contribution in [2.75, 3.05) is 6.54 Å². The van der Waals surface area contributed by atoms with Gasteiger partial charge in [0.1, 0.15) is 0 Å². The van der Waals surface area contributed by atoms with Crippen molar-refractivity contribution in [1.29, 1.82) is 0 Å². The van der Waals surface area contributed by atoms with Crippen molar-refractivity contribution < 1.29 is 0 Å². The number of nitrogens with zero attached hydrogens (tertiary/aromatic N) is 1. The summed E-state index contributed by atoms with van der Waals surface area (Å²) in [5, 5.41) is 3.65. The Bertz CT molecular complexity index is 549. The summed E-state index contributed by atoms with van der Waals surface area (Å²) >= 11 is 0. The van der Waals surface area contributed by atoms with Crippen molar-refractivity contribution in [3.8, 4) is 0 Å². The first-order valence-electron chi connectivity index (χ1n) is 7.40. The minimum atomic E-state index is 0.337. The Hall–Kier alpha value is -1.67. The fraction of sp³-hybridized carbons (Fsp3) is 0.389. The van der Waals surface area contributed by atoms with E-state index in [2.05, 4.69) is 61.4 Å². The molecule has 0 aliphatic heterocycles. The summed E-state index contributed by atoms with van der Waals surface area (Å²) in [6, 6.07) is 11.2. The predicted octanol–water partition coefficient (Wildman–Crippen LogP) is 3.98. The van der Waals surface area contributed by atoms with Crippen LogP contribution in [0.4, 0.5) is 0 Å². The molecule has 0 bridgehead atoms. The lowest BCUT2D eigenvalue weighted by Crippen LogP contribution is -2.24. The minimum absolute atomic E-state index is 0.337. The first kappa shape index (κ1) is 14.7. The molecule has 1 aromatic carbocycles. The number of pyridine rings is 1. The van der Waals surface area contributed by atoms with Crippen LogP contribution in [0.2, 0.25) is 0 Å². The molecule has 1 atom stereocenters. The summed E-state index contributed by atoms with van der Waals surface area (Å²) in [6.07, 6.45) is 6.05. The fourth-order valence-corrected chi connectivity index (χ4v) is 2.45. The van der Waals surface area contributed by atoms with Gasteiger partial charge in [0, 0.05) is 18.4 Å². The molecule has 0 fully saturated rings. The van der Waals surface area contributed by atoms with Crippen molar-refractivity contribution in [2.45, 2.75) is 39.7 Å². The molecule has 106 valence electrons. The van der Waals surface area contributed by atoms with Crippen LogP contribution in [-0.4, -0.2) is 11.5 Å². The molecule has 2 aromatic rings. The number of aryl methyl sites for hydroxylation is 2. The molecule has 0 aliphatic rings. The van der Waals surface area contributed by atoms with Crippen LogP contribution in [0, 0.1) is 13.8 Å². The molecule has 20 heavy (non-hydrogen) atoms. The highest BCUT2D eigenvalue weighted by atomic mass is 14.9. The van der Waals surface area contributed by atoms with Crippen LogP contribution in [0.3, 0.4) is 0 Å². The van der Waals surface area contributed by atoms with E-state index >= 15 is 0 Å². The minimum Gasteiger partial charge on any atom is -0.310 e. The van der Waals surface area contributed by atoms with E-state index in [1.54, 1.807) is 0 Å². The highest BCUT2D eigenvalue weighted by molar-refractivity contribution is 5.29. The molecule has 1 aromatic heterocycles. The van der Waals surface area contributed by atoms with Crippen molar-refractivity contribution in [3.05, 3.63) is 65.0 Å². The zero-order valence-electron chi connectivity index (χ0n) is 12.7. The van der Waals surface area contributed by atoms with Crippen LogP contribution in [0.1, 0.15) is 41.6 Å². The van der Waals surface area contributed by atoms with Gasteiger partial charge in [0.15, 0.2) is 0 Å². The molecule has 0 aliphatic carbocycles. The largest absolute Gasteiger partial charge is 0.310 e. The highest BCUT2D eigenvalue weighted by Crippen LogP contribution is 2.20. The topological polar surface area (TPSA) is 24.9 Å². The van der Waals surface area contributed by atoms with E-state index in [1.165, 1.54) is 22.3 Å². The van der Waals surface area contributed by atoms with Crippen LogP contribution in [0.15, 0.2) is 42.7 Å². The molecule has 0 spiro atoms. The second kappa shape index (κ2) is 7.20. The normalized spacial score (nSPS) is 12.3. The maximum atomic E-state index is 4.34. The van der Waals surface area contributed by atoms with Gasteiger partial charge >= 0.3 is 0 Å². The number of hydrogen-bond acceptors (Lipinski definition) is 2. The van der Waals surface area contributed by atoms with Gasteiger partial charge in [0.05, 0.1) is 0 Å². The van der Waals surface area contributed by atoms with Gasteiger partial charge in [-0.05, 0) is 55.5 Å². The summed E-state index contributed by atoms with van der Waals surface area (Å²) in [6.45, 7) is 7.51. The van der Waals surface area contributed by atoms with Crippen molar-refractivity contribution in [1.82, 2.24) is 10.3 Å². The summed E-state index contributed by atoms with van der Waals surface area (Å²) in [5.74, 6) is 0. The lowest BCUT2D eigenvalue weighted by atomic mass is 9.96. The van der Waals surface area contributed by atoms with E-state index in [0.29, 0.717) is 6.04 Å². The molecule has 0 amide bonds. The Morgan fingerprint density at radius 1 is 1.15 bits per heavy atom. The number of benzene rings is 1. The first-order valence-corrected chi connectivity index (χ1v) is 7.40. The predicted molar refractivity (Wildman–Crippen MR) is 84.9 cm³/mol. The smallest absolute Gasteiger partial charge is 0.0376 e. The Labute approximate surface area is 122 Å². The zero-order valence-corrected chi connectivity index (χ0v) is 12.7. The van der Waals surface area contributed by atoms with Crippen LogP contribution >= 0.6 is 0 Å². The molecular formula is C18H24N2. The van der Waals surface area contributed by atoms with Gasteiger partial charge in [-0.15, -0.1) is 0 Å². The third kappa shape index (κ3) is 3.91. The van der Waals surface area contributed by atoms with E-state index in [9.17, 15) is 0 Å². The van der Waals surface area contributed by atoms with Gasteiger partial charge in [-0.25, -0.2) is 0 Å². The van der Waals surface area contributed by atoms with Crippen LogP contribution in [-0.2, 0) is 6.42 Å². The van der Waals surface area contributed by atoms with E-state index in [0.717, 1.165) is 19.4 Å². The standard InChI is InChI=1S/C18H24N2/c1-4-9-20-18(17-10-14(2)12-19-13-17)11-16-8-6-5-7-15(16)3/h5-8,10,12-13,18,20H,4,9,11H2,1-3H3. The van der Waals surface area contributed by atoms with Crippen molar-refractivity contribution in [2.24, 2.45) is 0 Å². The maximum absolute atomic E-state index is 4.34. The molecular weight excluding hydrogens is 244 g/mol. The third-order valence-electron chi connectivity index (χ3n) is 3.62. The zero-order chi connectivity index (χ0) is 14.4. The van der Waals surface area contributed by atoms with E-state index in [4.69, 9.17) is 0 Å². The van der Waals surface area contributed by atoms with Crippen LogP contribution in [0.5, 0.6) is 0 Å². The maximum Gasteiger partial charge on any atom is 0.0376 e. The van der Waals surface area contributed by atoms with E-state index in [-0.39, 0.29) is 0 Å². The number of rotatable bonds is 6. The monoisotopic (exact) mass is 268 g/mol. The van der Waals surface area contributed by atoms with Gasteiger partial charge in [0.25, 0.3) is 0 Å². The number of aromatic nitrogens is 1. The molecule has 0 saturated carbocycles. The second-order valence-electron chi connectivity index (χ2n) is 5.43. The second-order valence-corrected chi connectivity index (χ2v) is 5.43. The van der Waals surface area contributed by atoms with Gasteiger partial charge < -0.3 is 5.32 Å². The molecule has 0 saturated heterocycles. The summed E-state index contributed by atoms with van der Waals surface area (Å²) in [4.78, 5) is 4.34. The quantitative estimate of drug-likeness (QED) is 0.857. The lowest BCUT2D eigenvalue weighted by molar-refractivity contribution is 0.526. The molecule has 1 unspecified atom stereocenters. The molecule has 1 heterocycles.